The minimum atomic E-state index is 0.294. The van der Waals surface area contributed by atoms with Crippen LogP contribution in [-0.2, 0) is 4.74 Å². The Balaban J connectivity index is 1.49. The zero-order chi connectivity index (χ0) is 21.5. The van der Waals surface area contributed by atoms with Gasteiger partial charge in [0, 0.05) is 23.4 Å². The molecule has 4 aromatic rings. The van der Waals surface area contributed by atoms with E-state index in [0.717, 1.165) is 46.9 Å². The monoisotopic (exact) mass is 416 g/mol. The second-order valence-electron chi connectivity index (χ2n) is 8.70. The van der Waals surface area contributed by atoms with Crippen LogP contribution in [0.15, 0.2) is 42.9 Å². The maximum Gasteiger partial charge on any atom is 0.158 e. The average Bonchev–Trinajstić information content (AvgIpc) is 3.38. The minimum absolute atomic E-state index is 0.294. The summed E-state index contributed by atoms with van der Waals surface area (Å²) in [6.07, 6.45) is 3.59. The van der Waals surface area contributed by atoms with Gasteiger partial charge in [-0.25, -0.2) is 9.50 Å². The first-order valence-corrected chi connectivity index (χ1v) is 10.8. The summed E-state index contributed by atoms with van der Waals surface area (Å²) in [6.45, 7) is 10.3. The van der Waals surface area contributed by atoms with Crippen molar-refractivity contribution in [2.24, 2.45) is 0 Å². The number of aromatic nitrogens is 5. The molecule has 0 spiro atoms. The molecule has 4 heterocycles. The molecule has 1 fully saturated rings. The largest absolute Gasteiger partial charge is 0.378 e. The standard InChI is InChI=1S/C24H28N6O/c1-14(2)21-22(18-7-5-17(6-8-18)16(4)27-20-11-31-12-20)28-29-23(21)19-9-15(3)24-25-13-26-30(24)10-19/h5-10,13-14,16,20,27H,11-12H2,1-4H3,(H,28,29). The normalized spacial score (nSPS) is 15.5. The van der Waals surface area contributed by atoms with E-state index in [4.69, 9.17) is 9.84 Å². The number of aryl methyl sites for hydroxylation is 1. The maximum atomic E-state index is 5.27. The predicted octanol–water partition coefficient (Wildman–Crippen LogP) is 4.27. The zero-order valence-electron chi connectivity index (χ0n) is 18.4. The smallest absolute Gasteiger partial charge is 0.158 e. The Morgan fingerprint density at radius 3 is 2.58 bits per heavy atom. The number of hydrogen-bond acceptors (Lipinski definition) is 5. The fourth-order valence-electron chi connectivity index (χ4n) is 4.30. The van der Waals surface area contributed by atoms with Crippen LogP contribution in [-0.4, -0.2) is 44.1 Å². The van der Waals surface area contributed by atoms with E-state index in [2.05, 4.69) is 78.5 Å². The molecule has 0 bridgehead atoms. The molecule has 1 atom stereocenters. The van der Waals surface area contributed by atoms with Gasteiger partial charge in [-0.3, -0.25) is 5.10 Å². The number of nitrogens with one attached hydrogen (secondary N) is 2. The summed E-state index contributed by atoms with van der Waals surface area (Å²) in [7, 11) is 0. The molecular weight excluding hydrogens is 388 g/mol. The van der Waals surface area contributed by atoms with E-state index in [1.54, 1.807) is 6.33 Å². The number of ether oxygens (including phenoxy) is 1. The fourth-order valence-corrected chi connectivity index (χ4v) is 4.30. The van der Waals surface area contributed by atoms with Crippen molar-refractivity contribution in [1.29, 1.82) is 0 Å². The average molecular weight is 417 g/mol. The van der Waals surface area contributed by atoms with Crippen molar-refractivity contribution in [3.63, 3.8) is 0 Å². The van der Waals surface area contributed by atoms with E-state index >= 15 is 0 Å². The Kier molecular flexibility index (Phi) is 5.08. The molecule has 7 nitrogen and oxygen atoms in total. The van der Waals surface area contributed by atoms with Crippen LogP contribution in [0.3, 0.4) is 0 Å². The Morgan fingerprint density at radius 1 is 1.13 bits per heavy atom. The van der Waals surface area contributed by atoms with Gasteiger partial charge >= 0.3 is 0 Å². The molecule has 3 aromatic heterocycles. The van der Waals surface area contributed by atoms with E-state index in [1.165, 1.54) is 11.1 Å². The van der Waals surface area contributed by atoms with Gasteiger partial charge in [-0.2, -0.15) is 10.2 Å². The highest BCUT2D eigenvalue weighted by atomic mass is 16.5. The molecule has 0 amide bonds. The lowest BCUT2D eigenvalue weighted by molar-refractivity contribution is -0.00925. The van der Waals surface area contributed by atoms with Gasteiger partial charge < -0.3 is 10.1 Å². The van der Waals surface area contributed by atoms with Crippen molar-refractivity contribution in [1.82, 2.24) is 30.1 Å². The summed E-state index contributed by atoms with van der Waals surface area (Å²) in [6, 6.07) is 11.6. The Hall–Kier alpha value is -3.03. The Labute approximate surface area is 181 Å². The Bertz CT molecular complexity index is 1200. The number of pyridine rings is 1. The van der Waals surface area contributed by atoms with Crippen LogP contribution < -0.4 is 5.32 Å². The van der Waals surface area contributed by atoms with Crippen molar-refractivity contribution >= 4 is 5.65 Å². The van der Waals surface area contributed by atoms with Gasteiger partial charge in [0.1, 0.15) is 6.33 Å². The molecule has 1 aromatic carbocycles. The number of H-pyrrole nitrogens is 1. The maximum absolute atomic E-state index is 5.27. The second kappa shape index (κ2) is 7.90. The van der Waals surface area contributed by atoms with Crippen molar-refractivity contribution in [3.05, 3.63) is 59.5 Å². The summed E-state index contributed by atoms with van der Waals surface area (Å²) in [4.78, 5) is 4.32. The summed E-state index contributed by atoms with van der Waals surface area (Å²) >= 11 is 0. The highest BCUT2D eigenvalue weighted by Gasteiger charge is 2.22. The lowest BCUT2D eigenvalue weighted by Gasteiger charge is -2.30. The first kappa shape index (κ1) is 19.9. The first-order valence-electron chi connectivity index (χ1n) is 10.8. The molecule has 31 heavy (non-hydrogen) atoms. The summed E-state index contributed by atoms with van der Waals surface area (Å²) < 4.78 is 7.09. The van der Waals surface area contributed by atoms with E-state index < -0.39 is 0 Å². The molecule has 1 aliphatic rings. The van der Waals surface area contributed by atoms with E-state index in [9.17, 15) is 0 Å². The van der Waals surface area contributed by atoms with E-state index in [-0.39, 0.29) is 0 Å². The molecule has 0 saturated carbocycles. The molecular formula is C24H28N6O. The van der Waals surface area contributed by atoms with Crippen molar-refractivity contribution in [3.8, 4) is 22.5 Å². The zero-order valence-corrected chi connectivity index (χ0v) is 18.4. The molecule has 1 unspecified atom stereocenters. The number of nitrogens with zero attached hydrogens (tertiary/aromatic N) is 4. The highest BCUT2D eigenvalue weighted by molar-refractivity contribution is 5.75. The van der Waals surface area contributed by atoms with Crippen LogP contribution in [0.1, 0.15) is 49.4 Å². The summed E-state index contributed by atoms with van der Waals surface area (Å²) in [5, 5.41) is 15.9. The SMILES string of the molecule is Cc1cc(-c2n[nH]c(-c3ccc(C(C)NC4COC4)cc3)c2C(C)C)cn2ncnc12. The molecule has 1 saturated heterocycles. The van der Waals surface area contributed by atoms with E-state index in [1.807, 2.05) is 10.7 Å². The molecule has 7 heteroatoms. The highest BCUT2D eigenvalue weighted by Crippen LogP contribution is 2.36. The fraction of sp³-hybridized carbons (Fsp3) is 0.375. The minimum Gasteiger partial charge on any atom is -0.378 e. The molecule has 0 aliphatic carbocycles. The predicted molar refractivity (Wildman–Crippen MR) is 121 cm³/mol. The number of hydrogen-bond donors (Lipinski definition) is 2. The Morgan fingerprint density at radius 2 is 1.90 bits per heavy atom. The number of fused-ring (bicyclic) bond motifs is 1. The van der Waals surface area contributed by atoms with Gasteiger partial charge in [0.25, 0.3) is 0 Å². The van der Waals surface area contributed by atoms with Gasteiger partial charge in [0.05, 0.1) is 30.6 Å². The molecule has 1 aliphatic heterocycles. The van der Waals surface area contributed by atoms with Crippen LogP contribution in [0.5, 0.6) is 0 Å². The second-order valence-corrected chi connectivity index (χ2v) is 8.70. The lowest BCUT2D eigenvalue weighted by Crippen LogP contribution is -2.46. The van der Waals surface area contributed by atoms with Gasteiger partial charge in [0.2, 0.25) is 0 Å². The van der Waals surface area contributed by atoms with Crippen molar-refractivity contribution in [2.75, 3.05) is 13.2 Å². The summed E-state index contributed by atoms with van der Waals surface area (Å²) in [5.41, 5.74) is 8.66. The van der Waals surface area contributed by atoms with Crippen LogP contribution >= 0.6 is 0 Å². The van der Waals surface area contributed by atoms with Crippen LogP contribution in [0.2, 0.25) is 0 Å². The van der Waals surface area contributed by atoms with Crippen LogP contribution in [0.4, 0.5) is 0 Å². The topological polar surface area (TPSA) is 80.1 Å². The van der Waals surface area contributed by atoms with Crippen LogP contribution in [0.25, 0.3) is 28.2 Å². The number of benzene rings is 1. The van der Waals surface area contributed by atoms with Crippen molar-refractivity contribution < 1.29 is 4.74 Å². The van der Waals surface area contributed by atoms with Crippen molar-refractivity contribution in [2.45, 2.75) is 45.7 Å². The van der Waals surface area contributed by atoms with Gasteiger partial charge in [-0.1, -0.05) is 38.1 Å². The quantitative estimate of drug-likeness (QED) is 0.491. The number of aromatic amines is 1. The molecule has 0 radical (unpaired) electrons. The third kappa shape index (κ3) is 3.64. The molecule has 5 rings (SSSR count). The first-order chi connectivity index (χ1) is 15.0. The van der Waals surface area contributed by atoms with Gasteiger partial charge in [-0.05, 0) is 42.5 Å². The summed E-state index contributed by atoms with van der Waals surface area (Å²) in [5.74, 6) is 0.314. The van der Waals surface area contributed by atoms with Gasteiger partial charge in [0.15, 0.2) is 5.65 Å². The lowest BCUT2D eigenvalue weighted by atomic mass is 9.93. The van der Waals surface area contributed by atoms with Gasteiger partial charge in [-0.15, -0.1) is 0 Å². The molecule has 2 N–H and O–H groups in total. The molecule has 160 valence electrons. The third-order valence-corrected chi connectivity index (χ3v) is 6.04. The van der Waals surface area contributed by atoms with Crippen LogP contribution in [0, 0.1) is 6.92 Å². The van der Waals surface area contributed by atoms with E-state index in [0.29, 0.717) is 18.0 Å². The number of rotatable bonds is 6. The third-order valence-electron chi connectivity index (χ3n) is 6.04.